The minimum absolute atomic E-state index is 0. The SMILES string of the molecule is O[Si](O)(O)O.O[Si](O)(O)O.[BaH2].[NaH]. The third-order valence-electron chi connectivity index (χ3n) is 0. The van der Waals surface area contributed by atoms with Crippen molar-refractivity contribution in [1.29, 1.82) is 0 Å². The van der Waals surface area contributed by atoms with Crippen LogP contribution >= 0.6 is 0 Å². The number of hydrogen-bond acceptors (Lipinski definition) is 8. The molecule has 0 unspecified atom stereocenters. The van der Waals surface area contributed by atoms with Gasteiger partial charge in [0.25, 0.3) is 0 Å². The summed E-state index contributed by atoms with van der Waals surface area (Å²) in [6, 6.07) is 0. The first kappa shape index (κ1) is 24.1. The van der Waals surface area contributed by atoms with Crippen molar-refractivity contribution in [2.75, 3.05) is 0 Å². The third kappa shape index (κ3) is 240. The van der Waals surface area contributed by atoms with Gasteiger partial charge in [0.2, 0.25) is 0 Å². The van der Waals surface area contributed by atoms with Gasteiger partial charge in [-0.2, -0.15) is 0 Å². The van der Waals surface area contributed by atoms with Crippen LogP contribution in [0.15, 0.2) is 0 Å². The molecule has 0 atom stereocenters. The molecule has 0 aliphatic carbocycles. The van der Waals surface area contributed by atoms with E-state index in [1.165, 1.54) is 0 Å². The maximum atomic E-state index is 7.33. The van der Waals surface area contributed by atoms with Crippen LogP contribution in [0.3, 0.4) is 0 Å². The van der Waals surface area contributed by atoms with E-state index in [2.05, 4.69) is 0 Å². The number of hydrogen-bond donors (Lipinski definition) is 8. The Kier molecular flexibility index (Phi) is 20.5. The average molecular weight is 356 g/mol. The summed E-state index contributed by atoms with van der Waals surface area (Å²) >= 11 is 0. The monoisotopic (exact) mass is 356 g/mol. The zero-order valence-electron chi connectivity index (χ0n) is 4.58. The van der Waals surface area contributed by atoms with Crippen molar-refractivity contribution < 1.29 is 38.4 Å². The predicted octanol–water partition coefficient (Wildman–Crippen LogP) is -6.78. The van der Waals surface area contributed by atoms with Crippen molar-refractivity contribution in [3.63, 3.8) is 0 Å². The van der Waals surface area contributed by atoms with Crippen LogP contribution in [0.5, 0.6) is 0 Å². The second kappa shape index (κ2) is 10.2. The van der Waals surface area contributed by atoms with E-state index in [1.807, 2.05) is 0 Å². The molecule has 0 heterocycles. The van der Waals surface area contributed by atoms with Crippen LogP contribution in [-0.4, -0.2) is 135 Å². The second-order valence-electron chi connectivity index (χ2n) is 1.20. The summed E-state index contributed by atoms with van der Waals surface area (Å²) in [7, 11) is -9.22. The molecule has 0 fully saturated rings. The molecule has 12 heteroatoms. The molecule has 70 valence electrons. The van der Waals surface area contributed by atoms with Crippen molar-refractivity contribution >= 4 is 96.5 Å². The van der Waals surface area contributed by atoms with E-state index < -0.39 is 18.1 Å². The summed E-state index contributed by atoms with van der Waals surface area (Å²) in [6.07, 6.45) is 0. The van der Waals surface area contributed by atoms with Crippen molar-refractivity contribution in [3.8, 4) is 0 Å². The van der Waals surface area contributed by atoms with Gasteiger partial charge >= 0.3 is 96.5 Å². The quantitative estimate of drug-likeness (QED) is 0.199. The van der Waals surface area contributed by atoms with Gasteiger partial charge in [-0.15, -0.1) is 0 Å². The molecular weight excluding hydrogens is 344 g/mol. The molecule has 0 radical (unpaired) electrons. The van der Waals surface area contributed by atoms with E-state index in [9.17, 15) is 0 Å². The van der Waals surface area contributed by atoms with Crippen LogP contribution in [0.1, 0.15) is 0 Å². The van der Waals surface area contributed by atoms with Crippen LogP contribution in [0.4, 0.5) is 0 Å². The van der Waals surface area contributed by atoms with Gasteiger partial charge in [-0.05, 0) is 0 Å². The first-order valence-corrected chi connectivity index (χ1v) is 5.37. The Morgan fingerprint density at radius 3 is 0.500 bits per heavy atom. The molecule has 0 bridgehead atoms. The van der Waals surface area contributed by atoms with Crippen LogP contribution in [0, 0.1) is 0 Å². The van der Waals surface area contributed by atoms with Gasteiger partial charge in [-0.1, -0.05) is 0 Å². The Bertz CT molecular complexity index is 60.0. The molecule has 0 aromatic rings. The van der Waals surface area contributed by atoms with Crippen LogP contribution in [-0.2, 0) is 0 Å². The molecule has 0 saturated heterocycles. The molecule has 0 aliphatic rings. The minimum atomic E-state index is -4.61. The Morgan fingerprint density at radius 2 is 0.500 bits per heavy atom. The van der Waals surface area contributed by atoms with Crippen LogP contribution in [0.25, 0.3) is 0 Å². The van der Waals surface area contributed by atoms with Crippen LogP contribution in [0.2, 0.25) is 0 Å². The van der Waals surface area contributed by atoms with Gasteiger partial charge in [-0.3, -0.25) is 0 Å². The Labute approximate surface area is 132 Å². The van der Waals surface area contributed by atoms with Gasteiger partial charge in [0.1, 0.15) is 0 Å². The molecule has 0 saturated carbocycles. The topological polar surface area (TPSA) is 162 Å². The molecule has 0 amide bonds. The molecule has 8 nitrogen and oxygen atoms in total. The first-order chi connectivity index (χ1) is 4.00. The Hall–Kier alpha value is 2.69. The zero-order valence-corrected chi connectivity index (χ0v) is 6.58. The summed E-state index contributed by atoms with van der Waals surface area (Å²) in [4.78, 5) is 58.6. The summed E-state index contributed by atoms with van der Waals surface area (Å²) < 4.78 is 0. The molecule has 0 aromatic heterocycles. The number of rotatable bonds is 0. The summed E-state index contributed by atoms with van der Waals surface area (Å²) in [5, 5.41) is 0. The van der Waals surface area contributed by atoms with Gasteiger partial charge in [-0.25, -0.2) is 0 Å². The van der Waals surface area contributed by atoms with E-state index >= 15 is 0 Å². The van der Waals surface area contributed by atoms with E-state index in [-0.39, 0.29) is 78.4 Å². The van der Waals surface area contributed by atoms with Crippen molar-refractivity contribution in [1.82, 2.24) is 0 Å². The van der Waals surface area contributed by atoms with Crippen molar-refractivity contribution in [2.24, 2.45) is 0 Å². The second-order valence-corrected chi connectivity index (χ2v) is 3.60. The normalized spacial score (nSPS) is 10.0. The third-order valence-corrected chi connectivity index (χ3v) is 0. The molecule has 0 aromatic carbocycles. The van der Waals surface area contributed by atoms with Crippen molar-refractivity contribution in [2.45, 2.75) is 0 Å². The fourth-order valence-corrected chi connectivity index (χ4v) is 0. The van der Waals surface area contributed by atoms with E-state index in [0.29, 0.717) is 0 Å². The average Bonchev–Trinajstić information content (AvgIpc) is 1.12. The van der Waals surface area contributed by atoms with Gasteiger partial charge in [0, 0.05) is 0 Å². The van der Waals surface area contributed by atoms with Gasteiger partial charge in [0.05, 0.1) is 0 Å². The van der Waals surface area contributed by atoms with E-state index in [1.54, 1.807) is 0 Å². The standard InChI is InChI=1S/Ba.Na.2H4O4Si.3H/c;;2*1-5(2,3)4;;;/h;;2*1-4H;;;. The maximum absolute atomic E-state index is 7.33. The van der Waals surface area contributed by atoms with Gasteiger partial charge in [0.15, 0.2) is 0 Å². The van der Waals surface area contributed by atoms with Crippen LogP contribution < -0.4 is 0 Å². The fourth-order valence-electron chi connectivity index (χ4n) is 0. The van der Waals surface area contributed by atoms with E-state index in [4.69, 9.17) is 38.4 Å². The summed E-state index contributed by atoms with van der Waals surface area (Å²) in [5.74, 6) is 0. The molecule has 0 spiro atoms. The Morgan fingerprint density at radius 1 is 0.500 bits per heavy atom. The molecule has 0 aliphatic heterocycles. The molecule has 0 rings (SSSR count). The molecule has 8 N–H and O–H groups in total. The first-order valence-electron chi connectivity index (χ1n) is 1.79. The molecular formula is H11BaNaO8Si2. The molecule has 12 heavy (non-hydrogen) atoms. The zero-order chi connectivity index (χ0) is 9.00. The fraction of sp³-hybridized carbons (Fsp3) is 0. The summed E-state index contributed by atoms with van der Waals surface area (Å²) in [6.45, 7) is 0. The predicted molar refractivity (Wildman–Crippen MR) is 45.0 cm³/mol. The summed E-state index contributed by atoms with van der Waals surface area (Å²) in [5.41, 5.74) is 0. The van der Waals surface area contributed by atoms with E-state index in [0.717, 1.165) is 0 Å². The Balaban J connectivity index is -0.0000000457. The van der Waals surface area contributed by atoms with Gasteiger partial charge < -0.3 is 38.4 Å². The van der Waals surface area contributed by atoms with Crippen molar-refractivity contribution in [3.05, 3.63) is 0 Å².